The maximum Gasteiger partial charge on any atom is 0.128 e. The van der Waals surface area contributed by atoms with Crippen molar-refractivity contribution in [3.05, 3.63) is 241 Å². The predicted molar refractivity (Wildman–Crippen MR) is 292 cm³/mol. The number of hydrogen-bond donors (Lipinski definition) is 4. The maximum atomic E-state index is 9.57. The molecule has 10 aromatic rings. The Hall–Kier alpha value is -8.24. The molecule has 0 heterocycles. The largest absolute Gasteiger partial charge is 0.491 e. The molecule has 0 unspecified atom stereocenters. The van der Waals surface area contributed by atoms with Gasteiger partial charge in [0.05, 0.1) is 31.8 Å². The Kier molecular flexibility index (Phi) is 14.9. The minimum absolute atomic E-state index is 0.0598. The fourth-order valence-electron chi connectivity index (χ4n) is 10.4. The first kappa shape index (κ1) is 48.4. The summed E-state index contributed by atoms with van der Waals surface area (Å²) in [5.74, 6) is 2.84. The molecule has 73 heavy (non-hydrogen) atoms. The van der Waals surface area contributed by atoms with Crippen LogP contribution in [0.25, 0.3) is 66.1 Å². The van der Waals surface area contributed by atoms with Crippen LogP contribution in [0.5, 0.6) is 23.0 Å². The molecule has 4 N–H and O–H groups in total. The lowest BCUT2D eigenvalue weighted by atomic mass is 9.67. The second-order valence-corrected chi connectivity index (χ2v) is 17.6. The number of fused-ring (bicyclic) bond motifs is 5. The zero-order valence-electron chi connectivity index (χ0n) is 40.4. The fraction of sp³-hybridized carbons (Fsp3) is 0.138. The van der Waals surface area contributed by atoms with E-state index in [1.807, 2.05) is 97.1 Å². The van der Waals surface area contributed by atoms with Gasteiger partial charge in [0.25, 0.3) is 0 Å². The van der Waals surface area contributed by atoms with Crippen molar-refractivity contribution in [1.82, 2.24) is 0 Å². The molecule has 0 radical (unpaired) electrons. The lowest BCUT2D eigenvalue weighted by molar-refractivity contribution is 0.200. The normalized spacial score (nSPS) is 12.1. The van der Waals surface area contributed by atoms with Crippen molar-refractivity contribution in [3.63, 3.8) is 0 Å². The first-order chi connectivity index (χ1) is 36.1. The summed E-state index contributed by atoms with van der Waals surface area (Å²) in [6.45, 7) is 0.607. The molecule has 10 aromatic carbocycles. The summed E-state index contributed by atoms with van der Waals surface area (Å²) in [4.78, 5) is 0. The van der Waals surface area contributed by atoms with Gasteiger partial charge in [-0.1, -0.05) is 182 Å². The lowest BCUT2D eigenvalue weighted by Crippen LogP contribution is -2.29. The Balaban J connectivity index is 0.000000187. The third kappa shape index (κ3) is 9.53. The van der Waals surface area contributed by atoms with Gasteiger partial charge in [-0.15, -0.1) is 0 Å². The number of benzene rings is 10. The summed E-state index contributed by atoms with van der Waals surface area (Å²) in [5, 5.41) is 42.0. The van der Waals surface area contributed by atoms with Crippen molar-refractivity contribution >= 4 is 21.5 Å². The van der Waals surface area contributed by atoms with E-state index in [9.17, 15) is 20.4 Å². The Morgan fingerprint density at radius 1 is 0.301 bits per heavy atom. The SMILES string of the molecule is OCCOc1ccc(C2(c3ccc(OCCO)c(-c4ccccc4)c3)c3ccccc3-c3ccccc32)cc1-c1ccccc1.OCCOc1ccc2ccccc2c1-c1c(OCCO)ccc2ccccc12. The first-order valence-electron chi connectivity index (χ1n) is 24.7. The van der Waals surface area contributed by atoms with E-state index in [4.69, 9.17) is 18.9 Å². The minimum atomic E-state index is -0.648. The Morgan fingerprint density at radius 2 is 0.644 bits per heavy atom. The highest BCUT2D eigenvalue weighted by molar-refractivity contribution is 6.09. The van der Waals surface area contributed by atoms with E-state index >= 15 is 0 Å². The molecule has 0 aromatic heterocycles. The van der Waals surface area contributed by atoms with Gasteiger partial charge in [-0.3, -0.25) is 0 Å². The van der Waals surface area contributed by atoms with Crippen LogP contribution < -0.4 is 18.9 Å². The zero-order valence-corrected chi connectivity index (χ0v) is 40.4. The summed E-state index contributed by atoms with van der Waals surface area (Å²) >= 11 is 0. The molecule has 1 aliphatic carbocycles. The van der Waals surface area contributed by atoms with Gasteiger partial charge in [-0.05, 0) is 102 Å². The molecule has 0 saturated heterocycles. The van der Waals surface area contributed by atoms with E-state index in [1.54, 1.807) is 0 Å². The first-order valence-corrected chi connectivity index (χ1v) is 24.7. The van der Waals surface area contributed by atoms with Crippen LogP contribution in [-0.4, -0.2) is 73.3 Å². The van der Waals surface area contributed by atoms with E-state index in [0.29, 0.717) is 11.5 Å². The molecular weight excluding hydrogens is 909 g/mol. The average Bonchev–Trinajstić information content (AvgIpc) is 3.77. The monoisotopic (exact) mass is 964 g/mol. The Bertz CT molecular complexity index is 3250. The van der Waals surface area contributed by atoms with E-state index in [1.165, 1.54) is 22.3 Å². The van der Waals surface area contributed by atoms with E-state index < -0.39 is 5.41 Å². The Labute approximate surface area is 425 Å². The summed E-state index contributed by atoms with van der Waals surface area (Å²) in [7, 11) is 0. The maximum absolute atomic E-state index is 9.57. The van der Waals surface area contributed by atoms with Gasteiger partial charge in [0.1, 0.15) is 49.4 Å². The van der Waals surface area contributed by atoms with Crippen molar-refractivity contribution in [2.24, 2.45) is 0 Å². The van der Waals surface area contributed by atoms with Crippen LogP contribution in [-0.2, 0) is 5.41 Å². The molecule has 364 valence electrons. The molecular formula is C65H56O8. The number of hydrogen-bond acceptors (Lipinski definition) is 8. The van der Waals surface area contributed by atoms with Gasteiger partial charge in [0.2, 0.25) is 0 Å². The molecule has 8 heteroatoms. The van der Waals surface area contributed by atoms with Gasteiger partial charge in [0.15, 0.2) is 0 Å². The highest BCUT2D eigenvalue weighted by atomic mass is 16.5. The zero-order chi connectivity index (χ0) is 50.0. The Morgan fingerprint density at radius 3 is 1.05 bits per heavy atom. The van der Waals surface area contributed by atoms with Crippen molar-refractivity contribution in [3.8, 4) is 67.5 Å². The number of aliphatic hydroxyl groups excluding tert-OH is 4. The van der Waals surface area contributed by atoms with Gasteiger partial charge < -0.3 is 39.4 Å². The molecule has 8 nitrogen and oxygen atoms in total. The quantitative estimate of drug-likeness (QED) is 0.0713. The second kappa shape index (κ2) is 22.5. The highest BCUT2D eigenvalue weighted by Crippen LogP contribution is 2.57. The van der Waals surface area contributed by atoms with Crippen LogP contribution in [0.15, 0.2) is 218 Å². The van der Waals surface area contributed by atoms with E-state index in [-0.39, 0.29) is 52.9 Å². The van der Waals surface area contributed by atoms with Gasteiger partial charge in [0, 0.05) is 22.3 Å². The molecule has 11 rings (SSSR count). The van der Waals surface area contributed by atoms with Crippen molar-refractivity contribution in [2.75, 3.05) is 52.9 Å². The van der Waals surface area contributed by atoms with Crippen LogP contribution in [0.4, 0.5) is 0 Å². The van der Waals surface area contributed by atoms with Crippen molar-refractivity contribution in [1.29, 1.82) is 0 Å². The summed E-state index contributed by atoms with van der Waals surface area (Å²) in [5.41, 5.74) is 12.3. The van der Waals surface area contributed by atoms with Crippen molar-refractivity contribution in [2.45, 2.75) is 5.41 Å². The summed E-state index contributed by atoms with van der Waals surface area (Å²) in [6.07, 6.45) is 0. The second-order valence-electron chi connectivity index (χ2n) is 17.6. The fourth-order valence-corrected chi connectivity index (χ4v) is 10.4. The predicted octanol–water partition coefficient (Wildman–Crippen LogP) is 12.5. The van der Waals surface area contributed by atoms with Crippen LogP contribution in [0.3, 0.4) is 0 Å². The topological polar surface area (TPSA) is 118 Å². The number of aliphatic hydroxyl groups is 4. The van der Waals surface area contributed by atoms with Crippen LogP contribution in [0.1, 0.15) is 22.3 Å². The highest BCUT2D eigenvalue weighted by Gasteiger charge is 2.46. The molecule has 0 fully saturated rings. The van der Waals surface area contributed by atoms with Gasteiger partial charge >= 0.3 is 0 Å². The standard InChI is InChI=1S/C41H34O4.C24H22O4/c42-23-25-44-39-21-19-31(27-35(39)29-11-3-1-4-12-29)41(37-17-9-7-15-33(37)34-16-8-10-18-38(34)41)32-20-22-40(45-26-24-43)36(28-32)30-13-5-2-6-14-30;25-13-15-27-21-11-9-17-5-1-3-7-19(17)23(21)24-20-8-4-2-6-18(20)10-12-22(24)28-16-14-26/h1-22,27-28,42-43H,23-26H2;1-12,25-26H,13-16H2. The van der Waals surface area contributed by atoms with Gasteiger partial charge in [-0.25, -0.2) is 0 Å². The molecule has 0 atom stereocenters. The number of ether oxygens (including phenoxy) is 4. The molecule has 0 aliphatic heterocycles. The molecule has 0 spiro atoms. The van der Waals surface area contributed by atoms with E-state index in [0.717, 1.165) is 77.6 Å². The summed E-state index contributed by atoms with van der Waals surface area (Å²) < 4.78 is 24.0. The average molecular weight is 965 g/mol. The molecule has 0 amide bonds. The number of rotatable bonds is 17. The van der Waals surface area contributed by atoms with Gasteiger partial charge in [-0.2, -0.15) is 0 Å². The smallest absolute Gasteiger partial charge is 0.128 e. The molecule has 1 aliphatic rings. The van der Waals surface area contributed by atoms with Crippen LogP contribution >= 0.6 is 0 Å². The molecule has 0 bridgehead atoms. The third-order valence-corrected chi connectivity index (χ3v) is 13.4. The minimum Gasteiger partial charge on any atom is -0.491 e. The van der Waals surface area contributed by atoms with Crippen LogP contribution in [0, 0.1) is 0 Å². The van der Waals surface area contributed by atoms with Crippen molar-refractivity contribution < 1.29 is 39.4 Å². The van der Waals surface area contributed by atoms with Crippen LogP contribution in [0.2, 0.25) is 0 Å². The molecule has 0 saturated carbocycles. The lowest BCUT2D eigenvalue weighted by Gasteiger charge is -2.35. The third-order valence-electron chi connectivity index (χ3n) is 13.4. The van der Waals surface area contributed by atoms with E-state index in [2.05, 4.69) is 121 Å². The summed E-state index contributed by atoms with van der Waals surface area (Å²) in [6, 6.07) is 75.0.